The number of hydrogen-bond donors (Lipinski definition) is 0. The van der Waals surface area contributed by atoms with E-state index in [1.807, 2.05) is 47.4 Å². The molecular weight excluding hydrogens is 389 g/mol. The lowest BCUT2D eigenvalue weighted by Gasteiger charge is -2.35. The topological polar surface area (TPSA) is 23.6 Å². The van der Waals surface area contributed by atoms with Crippen LogP contribution in [0.5, 0.6) is 0 Å². The van der Waals surface area contributed by atoms with Gasteiger partial charge >= 0.3 is 6.18 Å². The van der Waals surface area contributed by atoms with Gasteiger partial charge in [0.15, 0.2) is 0 Å². The summed E-state index contributed by atoms with van der Waals surface area (Å²) in [5.41, 5.74) is 0.427. The Balaban J connectivity index is 1.34. The molecule has 3 nitrogen and oxygen atoms in total. The lowest BCUT2D eigenvalue weighted by atomic mass is 10.0. The second-order valence-electron chi connectivity index (χ2n) is 7.60. The normalized spacial score (nSPS) is 15.5. The Labute approximate surface area is 173 Å². The van der Waals surface area contributed by atoms with E-state index in [0.717, 1.165) is 16.8 Å². The molecule has 1 amide bonds. The largest absolute Gasteiger partial charge is 0.416 e. The average molecular weight is 412 g/mol. The summed E-state index contributed by atoms with van der Waals surface area (Å²) in [4.78, 5) is 16.8. The van der Waals surface area contributed by atoms with Crippen LogP contribution in [-0.4, -0.2) is 48.4 Å². The van der Waals surface area contributed by atoms with Crippen LogP contribution in [0.1, 0.15) is 21.5 Å². The van der Waals surface area contributed by atoms with Gasteiger partial charge in [0.1, 0.15) is 0 Å². The number of piperazine rings is 1. The van der Waals surface area contributed by atoms with Crippen LogP contribution < -0.4 is 0 Å². The Kier molecular flexibility index (Phi) is 5.77. The molecule has 1 aliphatic rings. The Morgan fingerprint density at radius 1 is 0.833 bits per heavy atom. The van der Waals surface area contributed by atoms with E-state index in [4.69, 9.17) is 0 Å². The van der Waals surface area contributed by atoms with Crippen LogP contribution in [0.25, 0.3) is 10.8 Å². The molecule has 0 bridgehead atoms. The first-order valence-corrected chi connectivity index (χ1v) is 10.1. The molecule has 0 spiro atoms. The average Bonchev–Trinajstić information content (AvgIpc) is 2.77. The van der Waals surface area contributed by atoms with Gasteiger partial charge < -0.3 is 4.90 Å². The fourth-order valence-corrected chi connectivity index (χ4v) is 3.97. The van der Waals surface area contributed by atoms with E-state index in [0.29, 0.717) is 50.3 Å². The Morgan fingerprint density at radius 2 is 1.50 bits per heavy atom. The third-order valence-corrected chi connectivity index (χ3v) is 5.68. The number of fused-ring (bicyclic) bond motifs is 1. The summed E-state index contributed by atoms with van der Waals surface area (Å²) in [6.45, 7) is 3.02. The summed E-state index contributed by atoms with van der Waals surface area (Å²) >= 11 is 0. The molecule has 1 aliphatic heterocycles. The molecule has 1 saturated heterocycles. The molecule has 0 N–H and O–H groups in total. The van der Waals surface area contributed by atoms with Gasteiger partial charge in [0.25, 0.3) is 5.91 Å². The van der Waals surface area contributed by atoms with Crippen molar-refractivity contribution in [3.63, 3.8) is 0 Å². The van der Waals surface area contributed by atoms with Crippen LogP contribution >= 0.6 is 0 Å². The molecule has 0 aromatic heterocycles. The number of benzene rings is 3. The first-order chi connectivity index (χ1) is 14.4. The zero-order valence-corrected chi connectivity index (χ0v) is 16.5. The van der Waals surface area contributed by atoms with Crippen molar-refractivity contribution in [2.45, 2.75) is 12.6 Å². The minimum atomic E-state index is -4.33. The van der Waals surface area contributed by atoms with Crippen LogP contribution in [0.4, 0.5) is 13.2 Å². The highest BCUT2D eigenvalue weighted by atomic mass is 19.4. The monoisotopic (exact) mass is 412 g/mol. The SMILES string of the molecule is O=C(c1ccc2ccccc2c1)N1CCN(CCc2ccccc2C(F)(F)F)CC1. The van der Waals surface area contributed by atoms with E-state index in [-0.39, 0.29) is 5.91 Å². The van der Waals surface area contributed by atoms with Crippen LogP contribution in [-0.2, 0) is 12.6 Å². The first-order valence-electron chi connectivity index (χ1n) is 10.1. The van der Waals surface area contributed by atoms with Crippen LogP contribution in [0, 0.1) is 0 Å². The Bertz CT molecular complexity index is 1040. The van der Waals surface area contributed by atoms with E-state index in [1.54, 1.807) is 12.1 Å². The lowest BCUT2D eigenvalue weighted by molar-refractivity contribution is -0.138. The molecule has 0 aliphatic carbocycles. The number of hydrogen-bond acceptors (Lipinski definition) is 2. The molecule has 0 atom stereocenters. The smallest absolute Gasteiger partial charge is 0.336 e. The van der Waals surface area contributed by atoms with Gasteiger partial charge in [0.2, 0.25) is 0 Å². The third-order valence-electron chi connectivity index (χ3n) is 5.68. The summed E-state index contributed by atoms with van der Waals surface area (Å²) in [5, 5.41) is 2.13. The number of carbonyl (C=O) groups excluding carboxylic acids is 1. The van der Waals surface area contributed by atoms with Crippen molar-refractivity contribution in [2.75, 3.05) is 32.7 Å². The van der Waals surface area contributed by atoms with Gasteiger partial charge in [-0.1, -0.05) is 48.5 Å². The van der Waals surface area contributed by atoms with E-state index < -0.39 is 11.7 Å². The number of amides is 1. The number of alkyl halides is 3. The Morgan fingerprint density at radius 3 is 2.23 bits per heavy atom. The Hall–Kier alpha value is -2.86. The lowest BCUT2D eigenvalue weighted by Crippen LogP contribution is -2.49. The van der Waals surface area contributed by atoms with Crippen LogP contribution in [0.3, 0.4) is 0 Å². The fourth-order valence-electron chi connectivity index (χ4n) is 3.97. The summed E-state index contributed by atoms with van der Waals surface area (Å²) in [6.07, 6.45) is -3.99. The molecule has 4 rings (SSSR count). The molecule has 6 heteroatoms. The van der Waals surface area contributed by atoms with Gasteiger partial charge in [0.05, 0.1) is 5.56 Å². The second-order valence-corrected chi connectivity index (χ2v) is 7.60. The van der Waals surface area contributed by atoms with E-state index in [1.165, 1.54) is 6.07 Å². The van der Waals surface area contributed by atoms with Crippen molar-refractivity contribution >= 4 is 16.7 Å². The summed E-state index contributed by atoms with van der Waals surface area (Å²) < 4.78 is 39.5. The van der Waals surface area contributed by atoms with Crippen LogP contribution in [0.15, 0.2) is 66.7 Å². The molecule has 0 unspecified atom stereocenters. The molecule has 3 aromatic carbocycles. The molecule has 1 fully saturated rings. The van der Waals surface area contributed by atoms with Crippen molar-refractivity contribution in [2.24, 2.45) is 0 Å². The van der Waals surface area contributed by atoms with Gasteiger partial charge in [-0.25, -0.2) is 0 Å². The van der Waals surface area contributed by atoms with Gasteiger partial charge in [-0.2, -0.15) is 13.2 Å². The van der Waals surface area contributed by atoms with Crippen molar-refractivity contribution in [3.8, 4) is 0 Å². The molecule has 156 valence electrons. The maximum atomic E-state index is 13.2. The zero-order valence-electron chi connectivity index (χ0n) is 16.5. The van der Waals surface area contributed by atoms with Crippen LogP contribution in [0.2, 0.25) is 0 Å². The highest BCUT2D eigenvalue weighted by Gasteiger charge is 2.33. The second kappa shape index (κ2) is 8.48. The van der Waals surface area contributed by atoms with Crippen molar-refractivity contribution in [3.05, 3.63) is 83.4 Å². The molecule has 0 saturated carbocycles. The molecule has 30 heavy (non-hydrogen) atoms. The molecular formula is C24H23F3N2O. The molecule has 1 heterocycles. The highest BCUT2D eigenvalue weighted by molar-refractivity contribution is 5.98. The van der Waals surface area contributed by atoms with Gasteiger partial charge in [-0.05, 0) is 41.0 Å². The maximum absolute atomic E-state index is 13.2. The van der Waals surface area contributed by atoms with E-state index in [2.05, 4.69) is 4.90 Å². The van der Waals surface area contributed by atoms with Gasteiger partial charge in [0, 0.05) is 38.3 Å². The number of halogens is 3. The zero-order chi connectivity index (χ0) is 21.1. The van der Waals surface area contributed by atoms with Crippen molar-refractivity contribution in [1.82, 2.24) is 9.80 Å². The predicted molar refractivity (Wildman–Crippen MR) is 111 cm³/mol. The standard InChI is InChI=1S/C24H23F3N2O/c25-24(26,27)22-8-4-3-6-19(22)11-12-28-13-15-29(16-14-28)23(30)21-10-9-18-5-1-2-7-20(18)17-21/h1-10,17H,11-16H2. The molecule has 3 aromatic rings. The number of rotatable bonds is 4. The van der Waals surface area contributed by atoms with E-state index in [9.17, 15) is 18.0 Å². The quantitative estimate of drug-likeness (QED) is 0.611. The van der Waals surface area contributed by atoms with Crippen molar-refractivity contribution < 1.29 is 18.0 Å². The van der Waals surface area contributed by atoms with E-state index >= 15 is 0 Å². The highest BCUT2D eigenvalue weighted by Crippen LogP contribution is 2.32. The summed E-state index contributed by atoms with van der Waals surface area (Å²) in [5.74, 6) is 0.00261. The van der Waals surface area contributed by atoms with Crippen molar-refractivity contribution in [1.29, 1.82) is 0 Å². The number of carbonyl (C=O) groups is 1. The maximum Gasteiger partial charge on any atom is 0.416 e. The van der Waals surface area contributed by atoms with Gasteiger partial charge in [-0.3, -0.25) is 9.69 Å². The minimum absolute atomic E-state index is 0.00261. The molecule has 0 radical (unpaired) electrons. The van der Waals surface area contributed by atoms with Gasteiger partial charge in [-0.15, -0.1) is 0 Å². The third kappa shape index (κ3) is 4.49. The minimum Gasteiger partial charge on any atom is -0.336 e. The first kappa shape index (κ1) is 20.4. The predicted octanol–water partition coefficient (Wildman–Crippen LogP) is 4.86. The number of nitrogens with zero attached hydrogens (tertiary/aromatic N) is 2. The fraction of sp³-hybridized carbons (Fsp3) is 0.292. The summed E-state index contributed by atoms with van der Waals surface area (Å²) in [6, 6.07) is 19.4. The summed E-state index contributed by atoms with van der Waals surface area (Å²) in [7, 11) is 0.